The lowest BCUT2D eigenvalue weighted by molar-refractivity contribution is -0.122. The van der Waals surface area contributed by atoms with Crippen LogP contribution in [0.1, 0.15) is 63.9 Å². The molecule has 3 fully saturated rings. The molecule has 3 saturated heterocycles. The van der Waals surface area contributed by atoms with E-state index in [0.29, 0.717) is 18.5 Å². The summed E-state index contributed by atoms with van der Waals surface area (Å²) in [5.41, 5.74) is 1.08. The van der Waals surface area contributed by atoms with E-state index >= 15 is 0 Å². The second-order valence-electron chi connectivity index (χ2n) is 9.50. The summed E-state index contributed by atoms with van der Waals surface area (Å²) in [6.07, 6.45) is 6.28. The standard InChI is InChI=1S/C24H37N3O2/c1-18(2)26-14-11-19(12-15-26)27-16-21(20-8-4-5-9-22(20)29-3)24(17-27)13-7-6-10-23(28)25-24/h4-5,8-9,18-19,21H,6-7,10-17H2,1-3H3,(H,25,28)/t21-,24+/m0/s1. The lowest BCUT2D eigenvalue weighted by Gasteiger charge is -2.39. The third-order valence-corrected chi connectivity index (χ3v) is 7.49. The number of carbonyl (C=O) groups excluding carboxylic acids is 1. The van der Waals surface area contributed by atoms with E-state index in [9.17, 15) is 4.79 Å². The molecule has 0 aliphatic carbocycles. The summed E-state index contributed by atoms with van der Waals surface area (Å²) in [4.78, 5) is 17.9. The number of methoxy groups -OCH3 is 1. The Morgan fingerprint density at radius 2 is 1.93 bits per heavy atom. The molecule has 1 aromatic carbocycles. The molecule has 0 unspecified atom stereocenters. The Morgan fingerprint density at radius 3 is 2.66 bits per heavy atom. The summed E-state index contributed by atoms with van der Waals surface area (Å²) >= 11 is 0. The van der Waals surface area contributed by atoms with Gasteiger partial charge in [-0.25, -0.2) is 0 Å². The van der Waals surface area contributed by atoms with E-state index in [1.165, 1.54) is 31.5 Å². The molecule has 0 saturated carbocycles. The number of rotatable bonds is 4. The van der Waals surface area contributed by atoms with Crippen molar-refractivity contribution < 1.29 is 9.53 Å². The topological polar surface area (TPSA) is 44.8 Å². The van der Waals surface area contributed by atoms with Crippen LogP contribution >= 0.6 is 0 Å². The van der Waals surface area contributed by atoms with Gasteiger partial charge in [0.25, 0.3) is 0 Å². The molecule has 0 aromatic heterocycles. The summed E-state index contributed by atoms with van der Waals surface area (Å²) in [5.74, 6) is 1.45. The van der Waals surface area contributed by atoms with Crippen LogP contribution in [0.25, 0.3) is 0 Å². The van der Waals surface area contributed by atoms with Crippen LogP contribution in [0.15, 0.2) is 24.3 Å². The van der Waals surface area contributed by atoms with Gasteiger partial charge in [0.05, 0.1) is 12.6 Å². The van der Waals surface area contributed by atoms with Crippen molar-refractivity contribution in [2.24, 2.45) is 0 Å². The van der Waals surface area contributed by atoms with E-state index in [2.05, 4.69) is 47.2 Å². The van der Waals surface area contributed by atoms with Gasteiger partial charge in [0.15, 0.2) is 0 Å². The number of likely N-dealkylation sites (tertiary alicyclic amines) is 2. The van der Waals surface area contributed by atoms with Crippen molar-refractivity contribution in [3.8, 4) is 5.75 Å². The van der Waals surface area contributed by atoms with Crippen molar-refractivity contribution in [3.05, 3.63) is 29.8 Å². The number of hydrogen-bond acceptors (Lipinski definition) is 4. The minimum Gasteiger partial charge on any atom is -0.496 e. The highest BCUT2D eigenvalue weighted by atomic mass is 16.5. The van der Waals surface area contributed by atoms with E-state index in [-0.39, 0.29) is 17.4 Å². The Bertz CT molecular complexity index is 714. The third-order valence-electron chi connectivity index (χ3n) is 7.49. The molecular weight excluding hydrogens is 362 g/mol. The van der Waals surface area contributed by atoms with Crippen molar-refractivity contribution in [1.29, 1.82) is 0 Å². The van der Waals surface area contributed by atoms with Gasteiger partial charge in [0, 0.05) is 43.1 Å². The van der Waals surface area contributed by atoms with Crippen LogP contribution in [0.4, 0.5) is 0 Å². The molecule has 0 radical (unpaired) electrons. The maximum Gasteiger partial charge on any atom is 0.220 e. The zero-order chi connectivity index (χ0) is 20.4. The lowest BCUT2D eigenvalue weighted by atomic mass is 9.78. The van der Waals surface area contributed by atoms with E-state index in [1.807, 2.05) is 6.07 Å². The molecule has 4 rings (SSSR count). The van der Waals surface area contributed by atoms with Crippen LogP contribution in [0.5, 0.6) is 5.75 Å². The molecule has 3 aliphatic rings. The molecular formula is C24H37N3O2. The predicted octanol–water partition coefficient (Wildman–Crippen LogP) is 3.40. The first-order valence-electron chi connectivity index (χ1n) is 11.4. The first-order chi connectivity index (χ1) is 14.0. The number of piperidine rings is 1. The van der Waals surface area contributed by atoms with Crippen LogP contribution in [0.2, 0.25) is 0 Å². The van der Waals surface area contributed by atoms with Crippen molar-refractivity contribution >= 4 is 5.91 Å². The molecule has 2 atom stereocenters. The maximum absolute atomic E-state index is 12.6. The van der Waals surface area contributed by atoms with Gasteiger partial charge < -0.3 is 15.0 Å². The molecule has 1 amide bonds. The van der Waals surface area contributed by atoms with Crippen molar-refractivity contribution in [2.75, 3.05) is 33.3 Å². The normalized spacial score (nSPS) is 29.9. The van der Waals surface area contributed by atoms with Crippen LogP contribution in [0.3, 0.4) is 0 Å². The molecule has 1 aromatic rings. The van der Waals surface area contributed by atoms with Gasteiger partial charge in [0.1, 0.15) is 5.75 Å². The Kier molecular flexibility index (Phi) is 6.16. The second kappa shape index (κ2) is 8.65. The molecule has 5 nitrogen and oxygen atoms in total. The molecule has 29 heavy (non-hydrogen) atoms. The fraction of sp³-hybridized carbons (Fsp3) is 0.708. The molecule has 160 valence electrons. The summed E-state index contributed by atoms with van der Waals surface area (Å²) < 4.78 is 5.73. The number of nitrogens with zero attached hydrogens (tertiary/aromatic N) is 2. The van der Waals surface area contributed by atoms with Gasteiger partial charge in [0.2, 0.25) is 5.91 Å². The zero-order valence-electron chi connectivity index (χ0n) is 18.3. The van der Waals surface area contributed by atoms with Crippen LogP contribution in [-0.2, 0) is 4.79 Å². The second-order valence-corrected chi connectivity index (χ2v) is 9.50. The van der Waals surface area contributed by atoms with Crippen LogP contribution in [-0.4, -0.2) is 66.6 Å². The number of nitrogens with one attached hydrogen (secondary N) is 1. The molecule has 5 heteroatoms. The van der Waals surface area contributed by atoms with Gasteiger partial charge in [-0.05, 0) is 58.7 Å². The molecule has 0 bridgehead atoms. The van der Waals surface area contributed by atoms with Crippen molar-refractivity contribution in [1.82, 2.24) is 15.1 Å². The van der Waals surface area contributed by atoms with Gasteiger partial charge in [-0.2, -0.15) is 0 Å². The van der Waals surface area contributed by atoms with E-state index < -0.39 is 0 Å². The molecule has 3 heterocycles. The van der Waals surface area contributed by atoms with Crippen LogP contribution < -0.4 is 10.1 Å². The predicted molar refractivity (Wildman–Crippen MR) is 116 cm³/mol. The SMILES string of the molecule is COc1ccccc1[C@@H]1CN(C2CCN(C(C)C)CC2)C[C@]12CCCCC(=O)N2. The molecule has 1 N–H and O–H groups in total. The Labute approximate surface area is 175 Å². The number of benzene rings is 1. The zero-order valence-corrected chi connectivity index (χ0v) is 18.3. The fourth-order valence-corrected chi connectivity index (χ4v) is 5.85. The Hall–Kier alpha value is -1.59. The highest BCUT2D eigenvalue weighted by molar-refractivity contribution is 5.77. The third kappa shape index (κ3) is 4.17. The van der Waals surface area contributed by atoms with Crippen molar-refractivity contribution in [2.45, 2.75) is 75.9 Å². The van der Waals surface area contributed by atoms with Crippen molar-refractivity contribution in [3.63, 3.8) is 0 Å². The maximum atomic E-state index is 12.6. The minimum atomic E-state index is -0.169. The first-order valence-corrected chi connectivity index (χ1v) is 11.4. The number of amides is 1. The Morgan fingerprint density at radius 1 is 1.17 bits per heavy atom. The molecule has 3 aliphatic heterocycles. The summed E-state index contributed by atoms with van der Waals surface area (Å²) in [6.45, 7) is 8.92. The largest absolute Gasteiger partial charge is 0.496 e. The van der Waals surface area contributed by atoms with E-state index in [0.717, 1.165) is 38.1 Å². The highest BCUT2D eigenvalue weighted by Crippen LogP contribution is 2.45. The smallest absolute Gasteiger partial charge is 0.220 e. The Balaban J connectivity index is 1.61. The quantitative estimate of drug-likeness (QED) is 0.843. The monoisotopic (exact) mass is 399 g/mol. The summed E-state index contributed by atoms with van der Waals surface area (Å²) in [5, 5.41) is 3.50. The fourth-order valence-electron chi connectivity index (χ4n) is 5.85. The van der Waals surface area contributed by atoms with E-state index in [4.69, 9.17) is 4.74 Å². The average Bonchev–Trinajstić information content (AvgIpc) is 2.98. The number of ether oxygens (including phenoxy) is 1. The van der Waals surface area contributed by atoms with Crippen LogP contribution in [0, 0.1) is 0 Å². The van der Waals surface area contributed by atoms with Gasteiger partial charge in [-0.3, -0.25) is 9.69 Å². The number of hydrogen-bond donors (Lipinski definition) is 1. The highest BCUT2D eigenvalue weighted by Gasteiger charge is 2.50. The number of para-hydroxylation sites is 1. The van der Waals surface area contributed by atoms with Gasteiger partial charge in [-0.15, -0.1) is 0 Å². The summed E-state index contributed by atoms with van der Waals surface area (Å²) in [7, 11) is 1.76. The molecule has 1 spiro atoms. The van der Waals surface area contributed by atoms with Gasteiger partial charge in [-0.1, -0.05) is 24.6 Å². The summed E-state index contributed by atoms with van der Waals surface area (Å²) in [6, 6.07) is 9.64. The first kappa shape index (κ1) is 20.7. The van der Waals surface area contributed by atoms with E-state index in [1.54, 1.807) is 7.11 Å². The minimum absolute atomic E-state index is 0.169. The average molecular weight is 400 g/mol. The number of carbonyl (C=O) groups is 1. The van der Waals surface area contributed by atoms with Gasteiger partial charge >= 0.3 is 0 Å². The lowest BCUT2D eigenvalue weighted by Crippen LogP contribution is -2.53.